The first-order valence-electron chi connectivity index (χ1n) is 7.46. The van der Waals surface area contributed by atoms with Crippen molar-refractivity contribution in [1.29, 1.82) is 0 Å². The van der Waals surface area contributed by atoms with E-state index in [-0.39, 0.29) is 12.0 Å². The van der Waals surface area contributed by atoms with Gasteiger partial charge in [-0.25, -0.2) is 0 Å². The molecule has 0 unspecified atom stereocenters. The van der Waals surface area contributed by atoms with Gasteiger partial charge in [-0.2, -0.15) is 0 Å². The average molecular weight is 279 g/mol. The minimum atomic E-state index is -0.0131. The summed E-state index contributed by atoms with van der Waals surface area (Å²) in [5.74, 6) is -0.0131. The monoisotopic (exact) mass is 279 g/mol. The van der Waals surface area contributed by atoms with Gasteiger partial charge in [0.05, 0.1) is 12.7 Å². The lowest BCUT2D eigenvalue weighted by Crippen LogP contribution is -2.33. The van der Waals surface area contributed by atoms with E-state index in [4.69, 9.17) is 4.74 Å². The van der Waals surface area contributed by atoms with E-state index in [1.807, 2.05) is 32.2 Å². The summed E-state index contributed by atoms with van der Waals surface area (Å²) in [6.45, 7) is 7.12. The van der Waals surface area contributed by atoms with E-state index in [1.54, 1.807) is 0 Å². The van der Waals surface area contributed by atoms with E-state index in [2.05, 4.69) is 15.2 Å². The maximum absolute atomic E-state index is 12.2. The van der Waals surface area contributed by atoms with Gasteiger partial charge in [-0.15, -0.1) is 0 Å². The first kappa shape index (κ1) is 15.1. The number of nitrogens with one attached hydrogen (secondary N) is 2. The molecule has 1 aliphatic heterocycles. The Morgan fingerprint density at radius 1 is 1.50 bits per heavy atom. The topological polar surface area (TPSA) is 55.3 Å². The van der Waals surface area contributed by atoms with Crippen molar-refractivity contribution in [2.24, 2.45) is 0 Å². The predicted molar refractivity (Wildman–Crippen MR) is 79.0 cm³/mol. The van der Waals surface area contributed by atoms with Crippen LogP contribution in [0.2, 0.25) is 0 Å². The fourth-order valence-electron chi connectivity index (χ4n) is 2.54. The molecule has 0 radical (unpaired) electrons. The molecule has 1 aromatic rings. The molecule has 0 bridgehead atoms. The quantitative estimate of drug-likeness (QED) is 0.777. The number of aromatic nitrogens is 1. The summed E-state index contributed by atoms with van der Waals surface area (Å²) >= 11 is 0. The van der Waals surface area contributed by atoms with Gasteiger partial charge in [0.25, 0.3) is 5.91 Å². The highest BCUT2D eigenvalue weighted by Crippen LogP contribution is 2.21. The van der Waals surface area contributed by atoms with Gasteiger partial charge >= 0.3 is 0 Å². The second-order valence-electron chi connectivity index (χ2n) is 5.46. The fraction of sp³-hybridized carbons (Fsp3) is 0.667. The van der Waals surface area contributed by atoms with Gasteiger partial charge in [-0.1, -0.05) is 0 Å². The zero-order valence-electron chi connectivity index (χ0n) is 12.4. The highest BCUT2D eigenvalue weighted by molar-refractivity contribution is 5.92. The average Bonchev–Trinajstić information content (AvgIpc) is 2.93. The van der Waals surface area contributed by atoms with Crippen LogP contribution in [-0.4, -0.2) is 42.8 Å². The minimum absolute atomic E-state index is 0.0131. The number of piperidine rings is 1. The van der Waals surface area contributed by atoms with Crippen LogP contribution in [-0.2, 0) is 4.74 Å². The smallest absolute Gasteiger partial charge is 0.267 e. The molecule has 5 heteroatoms. The summed E-state index contributed by atoms with van der Waals surface area (Å²) in [6, 6.07) is 4.27. The zero-order valence-corrected chi connectivity index (χ0v) is 12.4. The van der Waals surface area contributed by atoms with Gasteiger partial charge in [-0.05, 0) is 51.9 Å². The van der Waals surface area contributed by atoms with Crippen molar-refractivity contribution in [3.05, 3.63) is 24.0 Å². The number of carbonyl (C=O) groups excluding carboxylic acids is 1. The van der Waals surface area contributed by atoms with E-state index in [0.29, 0.717) is 19.2 Å². The lowest BCUT2D eigenvalue weighted by molar-refractivity contribution is 0.0742. The summed E-state index contributed by atoms with van der Waals surface area (Å²) in [6.07, 6.45) is 4.36. The summed E-state index contributed by atoms with van der Waals surface area (Å²) < 4.78 is 7.54. The molecule has 1 amide bonds. The van der Waals surface area contributed by atoms with Gasteiger partial charge in [0.15, 0.2) is 0 Å². The summed E-state index contributed by atoms with van der Waals surface area (Å²) in [5.41, 5.74) is 0.751. The number of ether oxygens (including phenoxy) is 1. The van der Waals surface area contributed by atoms with Gasteiger partial charge in [0, 0.05) is 18.8 Å². The van der Waals surface area contributed by atoms with E-state index in [1.165, 1.54) is 0 Å². The van der Waals surface area contributed by atoms with Crippen LogP contribution in [0.1, 0.15) is 43.2 Å². The lowest BCUT2D eigenvalue weighted by atomic mass is 10.1. The Morgan fingerprint density at radius 2 is 2.25 bits per heavy atom. The highest BCUT2D eigenvalue weighted by Gasteiger charge is 2.19. The maximum atomic E-state index is 12.2. The molecule has 1 aromatic heterocycles. The Bertz CT molecular complexity index is 423. The number of hydrogen-bond acceptors (Lipinski definition) is 3. The van der Waals surface area contributed by atoms with Gasteiger partial charge in [0.1, 0.15) is 5.69 Å². The van der Waals surface area contributed by atoms with Crippen molar-refractivity contribution >= 4 is 5.91 Å². The molecule has 2 N–H and O–H groups in total. The normalized spacial score (nSPS) is 16.6. The maximum Gasteiger partial charge on any atom is 0.267 e. The zero-order chi connectivity index (χ0) is 14.4. The van der Waals surface area contributed by atoms with Gasteiger partial charge in [0.2, 0.25) is 0 Å². The van der Waals surface area contributed by atoms with Crippen LogP contribution in [0.5, 0.6) is 0 Å². The molecule has 2 rings (SSSR count). The third-order valence-corrected chi connectivity index (χ3v) is 3.55. The van der Waals surface area contributed by atoms with Gasteiger partial charge in [-0.3, -0.25) is 4.79 Å². The molecule has 1 aliphatic rings. The van der Waals surface area contributed by atoms with Crippen molar-refractivity contribution in [2.45, 2.75) is 38.8 Å². The standard InChI is InChI=1S/C15H25N3O2/c1-12(2)20-11-9-17-15(19)14-4-3-10-18(14)13-5-7-16-8-6-13/h3-4,10,12-13,16H,5-9,11H2,1-2H3,(H,17,19). The van der Waals surface area contributed by atoms with Crippen LogP contribution < -0.4 is 10.6 Å². The fourth-order valence-corrected chi connectivity index (χ4v) is 2.54. The van der Waals surface area contributed by atoms with E-state index >= 15 is 0 Å². The third-order valence-electron chi connectivity index (χ3n) is 3.55. The largest absolute Gasteiger partial charge is 0.377 e. The second kappa shape index (κ2) is 7.45. The molecule has 20 heavy (non-hydrogen) atoms. The SMILES string of the molecule is CC(C)OCCNC(=O)c1cccn1C1CCNCC1. The Hall–Kier alpha value is -1.33. The summed E-state index contributed by atoms with van der Waals surface area (Å²) in [4.78, 5) is 12.2. The number of carbonyl (C=O) groups is 1. The van der Waals surface area contributed by atoms with Crippen molar-refractivity contribution in [1.82, 2.24) is 15.2 Å². The predicted octanol–water partition coefficient (Wildman–Crippen LogP) is 1.57. The Kier molecular flexibility index (Phi) is 5.61. The number of hydrogen-bond donors (Lipinski definition) is 2. The molecule has 5 nitrogen and oxygen atoms in total. The lowest BCUT2D eigenvalue weighted by Gasteiger charge is -2.25. The van der Waals surface area contributed by atoms with E-state index in [9.17, 15) is 4.79 Å². The van der Waals surface area contributed by atoms with Crippen LogP contribution >= 0.6 is 0 Å². The molecule has 1 saturated heterocycles. The molecule has 0 aliphatic carbocycles. The van der Waals surface area contributed by atoms with E-state index < -0.39 is 0 Å². The Morgan fingerprint density at radius 3 is 2.95 bits per heavy atom. The summed E-state index contributed by atoms with van der Waals surface area (Å²) in [7, 11) is 0. The Balaban J connectivity index is 1.88. The molecular weight excluding hydrogens is 254 g/mol. The van der Waals surface area contributed by atoms with Crippen molar-refractivity contribution < 1.29 is 9.53 Å². The molecule has 0 aromatic carbocycles. The molecule has 2 heterocycles. The van der Waals surface area contributed by atoms with Crippen molar-refractivity contribution in [2.75, 3.05) is 26.2 Å². The first-order valence-corrected chi connectivity index (χ1v) is 7.46. The molecule has 112 valence electrons. The molecule has 1 fully saturated rings. The van der Waals surface area contributed by atoms with Crippen LogP contribution in [0.15, 0.2) is 18.3 Å². The second-order valence-corrected chi connectivity index (χ2v) is 5.46. The molecule has 0 spiro atoms. The van der Waals surface area contributed by atoms with Crippen LogP contribution in [0.3, 0.4) is 0 Å². The Labute approximate surface area is 120 Å². The van der Waals surface area contributed by atoms with Crippen molar-refractivity contribution in [3.8, 4) is 0 Å². The molecule has 0 saturated carbocycles. The third kappa shape index (κ3) is 4.08. The van der Waals surface area contributed by atoms with Gasteiger partial charge < -0.3 is 19.9 Å². The number of amides is 1. The minimum Gasteiger partial charge on any atom is -0.377 e. The van der Waals surface area contributed by atoms with Crippen LogP contribution in [0.4, 0.5) is 0 Å². The van der Waals surface area contributed by atoms with E-state index in [0.717, 1.165) is 31.6 Å². The highest BCUT2D eigenvalue weighted by atomic mass is 16.5. The summed E-state index contributed by atoms with van der Waals surface area (Å²) in [5, 5.41) is 6.27. The molecular formula is C15H25N3O2. The number of rotatable bonds is 6. The number of nitrogens with zero attached hydrogens (tertiary/aromatic N) is 1. The van der Waals surface area contributed by atoms with Crippen LogP contribution in [0.25, 0.3) is 0 Å². The van der Waals surface area contributed by atoms with Crippen LogP contribution in [0, 0.1) is 0 Å². The first-order chi connectivity index (χ1) is 9.68. The molecule has 0 atom stereocenters. The van der Waals surface area contributed by atoms with Crippen molar-refractivity contribution in [3.63, 3.8) is 0 Å².